The Morgan fingerprint density at radius 1 is 0.812 bits per heavy atom. The second-order valence-electron chi connectivity index (χ2n) is 6.61. The van der Waals surface area contributed by atoms with Crippen LogP contribution >= 0.6 is 7.82 Å². The van der Waals surface area contributed by atoms with E-state index >= 15 is 0 Å². The van der Waals surface area contributed by atoms with Crippen LogP contribution in [0.2, 0.25) is 0 Å². The summed E-state index contributed by atoms with van der Waals surface area (Å²) in [6, 6.07) is 0. The fraction of sp³-hybridized carbons (Fsp3) is 0.478. The summed E-state index contributed by atoms with van der Waals surface area (Å²) >= 11 is 0. The molecule has 1 unspecified atom stereocenters. The van der Waals surface area contributed by atoms with Gasteiger partial charge in [-0.15, -0.1) is 0 Å². The zero-order valence-corrected chi connectivity index (χ0v) is 19.7. The van der Waals surface area contributed by atoms with Gasteiger partial charge in [-0.2, -0.15) is 0 Å². The Labute approximate surface area is 190 Å². The molecular formula is C23H35O8P. The maximum atomic E-state index is 11.9. The van der Waals surface area contributed by atoms with Gasteiger partial charge in [0.1, 0.15) is 6.61 Å². The van der Waals surface area contributed by atoms with Crippen LogP contribution in [0.25, 0.3) is 0 Å². The molecule has 0 aliphatic carbocycles. The van der Waals surface area contributed by atoms with E-state index in [1.54, 1.807) is 12.2 Å². The summed E-state index contributed by atoms with van der Waals surface area (Å²) in [4.78, 5) is 40.2. The van der Waals surface area contributed by atoms with Gasteiger partial charge in [-0.3, -0.25) is 14.1 Å². The Hall–Kier alpha value is -2.25. The molecule has 0 bridgehead atoms. The summed E-state index contributed by atoms with van der Waals surface area (Å²) in [5.74, 6) is -1.24. The number of phosphoric ester groups is 1. The molecule has 0 saturated heterocycles. The molecule has 0 aliphatic heterocycles. The lowest BCUT2D eigenvalue weighted by molar-refractivity contribution is -0.159. The van der Waals surface area contributed by atoms with Crippen molar-refractivity contribution >= 4 is 19.8 Å². The lowest BCUT2D eigenvalue weighted by Gasteiger charge is -2.17. The number of phosphoric acid groups is 1. The number of esters is 2. The van der Waals surface area contributed by atoms with Gasteiger partial charge in [-0.05, 0) is 32.1 Å². The number of hydrogen-bond donors (Lipinski definition) is 2. The third kappa shape index (κ3) is 22.4. The topological polar surface area (TPSA) is 119 Å². The summed E-state index contributed by atoms with van der Waals surface area (Å²) in [7, 11) is -4.73. The predicted molar refractivity (Wildman–Crippen MR) is 124 cm³/mol. The quantitative estimate of drug-likeness (QED) is 0.178. The molecule has 0 fully saturated rings. The maximum absolute atomic E-state index is 11.9. The first-order valence-electron chi connectivity index (χ1n) is 10.5. The average Bonchev–Trinajstić information content (AvgIpc) is 2.72. The molecule has 0 aromatic rings. The molecule has 1 atom stereocenters. The van der Waals surface area contributed by atoms with E-state index in [2.05, 4.69) is 47.9 Å². The minimum atomic E-state index is -4.73. The number of carbonyl (C=O) groups excluding carboxylic acids is 2. The molecule has 0 spiro atoms. The van der Waals surface area contributed by atoms with E-state index in [1.165, 1.54) is 6.92 Å². The fourth-order valence-corrected chi connectivity index (χ4v) is 2.53. The first-order chi connectivity index (χ1) is 15.2. The van der Waals surface area contributed by atoms with Crippen LogP contribution in [0, 0.1) is 0 Å². The fourth-order valence-electron chi connectivity index (χ4n) is 2.17. The molecule has 0 aromatic heterocycles. The molecule has 8 nitrogen and oxygen atoms in total. The third-order valence-corrected chi connectivity index (χ3v) is 4.13. The third-order valence-electron chi connectivity index (χ3n) is 3.64. The van der Waals surface area contributed by atoms with E-state index in [1.807, 2.05) is 12.2 Å². The van der Waals surface area contributed by atoms with E-state index in [0.717, 1.165) is 25.7 Å². The molecule has 0 rings (SSSR count). The van der Waals surface area contributed by atoms with Crippen molar-refractivity contribution in [3.8, 4) is 0 Å². The Morgan fingerprint density at radius 2 is 1.28 bits per heavy atom. The van der Waals surface area contributed by atoms with E-state index in [4.69, 9.17) is 19.3 Å². The molecule has 0 aromatic carbocycles. The van der Waals surface area contributed by atoms with Crippen molar-refractivity contribution in [2.75, 3.05) is 13.2 Å². The second kappa shape index (κ2) is 19.4. The van der Waals surface area contributed by atoms with Gasteiger partial charge >= 0.3 is 19.8 Å². The number of hydrogen-bond acceptors (Lipinski definition) is 6. The SMILES string of the molecule is CC/C=C\C/C=C\C/C=C\C/C=C\C/C=C\CC(=O)OC(COC(C)=O)COP(=O)(O)O. The lowest BCUT2D eigenvalue weighted by Crippen LogP contribution is -2.28. The lowest BCUT2D eigenvalue weighted by atomic mass is 10.2. The molecule has 0 aliphatic rings. The van der Waals surface area contributed by atoms with Gasteiger partial charge in [0.05, 0.1) is 13.0 Å². The largest absolute Gasteiger partial charge is 0.469 e. The van der Waals surface area contributed by atoms with Crippen LogP contribution in [0.5, 0.6) is 0 Å². The van der Waals surface area contributed by atoms with Crippen LogP contribution in [0.4, 0.5) is 0 Å². The van der Waals surface area contributed by atoms with Gasteiger partial charge in [-0.25, -0.2) is 4.57 Å². The van der Waals surface area contributed by atoms with Crippen LogP contribution < -0.4 is 0 Å². The monoisotopic (exact) mass is 470 g/mol. The minimum Gasteiger partial charge on any atom is -0.462 e. The number of allylic oxidation sites excluding steroid dienone is 9. The van der Waals surface area contributed by atoms with Crippen LogP contribution in [-0.4, -0.2) is 41.0 Å². The van der Waals surface area contributed by atoms with Crippen molar-refractivity contribution < 1.29 is 37.9 Å². The van der Waals surface area contributed by atoms with E-state index in [-0.39, 0.29) is 13.0 Å². The van der Waals surface area contributed by atoms with E-state index in [0.29, 0.717) is 6.42 Å². The first-order valence-corrected chi connectivity index (χ1v) is 12.1. The van der Waals surface area contributed by atoms with E-state index < -0.39 is 32.5 Å². The Balaban J connectivity index is 4.09. The van der Waals surface area contributed by atoms with Crippen LogP contribution in [0.15, 0.2) is 60.8 Å². The van der Waals surface area contributed by atoms with Crippen molar-refractivity contribution in [1.29, 1.82) is 0 Å². The molecule has 0 heterocycles. The van der Waals surface area contributed by atoms with Crippen molar-refractivity contribution in [2.24, 2.45) is 0 Å². The number of carbonyl (C=O) groups is 2. The van der Waals surface area contributed by atoms with Gasteiger partial charge in [0, 0.05) is 6.92 Å². The average molecular weight is 470 g/mol. The minimum absolute atomic E-state index is 0.0278. The highest BCUT2D eigenvalue weighted by Gasteiger charge is 2.22. The van der Waals surface area contributed by atoms with Gasteiger partial charge in [0.15, 0.2) is 6.10 Å². The first kappa shape index (κ1) is 29.8. The molecule has 2 N–H and O–H groups in total. The molecule has 0 saturated carbocycles. The predicted octanol–water partition coefficient (Wildman–Crippen LogP) is 4.71. The molecule has 0 amide bonds. The Bertz CT molecular complexity index is 716. The second-order valence-corrected chi connectivity index (χ2v) is 7.85. The summed E-state index contributed by atoms with van der Waals surface area (Å²) in [6.45, 7) is 2.34. The van der Waals surface area contributed by atoms with Crippen molar-refractivity contribution in [3.05, 3.63) is 60.8 Å². The van der Waals surface area contributed by atoms with Gasteiger partial charge < -0.3 is 19.3 Å². The molecule has 0 radical (unpaired) electrons. The number of ether oxygens (including phenoxy) is 2. The number of rotatable bonds is 17. The molecular weight excluding hydrogens is 435 g/mol. The van der Waals surface area contributed by atoms with Crippen molar-refractivity contribution in [1.82, 2.24) is 0 Å². The molecule has 32 heavy (non-hydrogen) atoms. The van der Waals surface area contributed by atoms with Crippen molar-refractivity contribution in [2.45, 2.75) is 58.5 Å². The highest BCUT2D eigenvalue weighted by atomic mass is 31.2. The summed E-state index contributed by atoms with van der Waals surface area (Å²) in [5, 5.41) is 0. The smallest absolute Gasteiger partial charge is 0.462 e. The zero-order valence-electron chi connectivity index (χ0n) is 18.8. The Morgan fingerprint density at radius 3 is 1.72 bits per heavy atom. The summed E-state index contributed by atoms with van der Waals surface area (Å²) in [6.07, 6.45) is 23.5. The van der Waals surface area contributed by atoms with Gasteiger partial charge in [-0.1, -0.05) is 67.7 Å². The van der Waals surface area contributed by atoms with Crippen LogP contribution in [-0.2, 0) is 28.2 Å². The van der Waals surface area contributed by atoms with E-state index in [9.17, 15) is 14.2 Å². The standard InChI is InChI=1S/C23H35O8P/c1-3-4-5-6-7-8-9-10-11-12-13-14-15-16-17-18-23(25)31-22(19-29-21(2)24)20-30-32(26,27)28/h4-5,7-8,10-11,13-14,16-17,22H,3,6,9,12,15,18-20H2,1-2H3,(H2,26,27,28)/b5-4-,8-7-,11-10-,14-13-,17-16-. The Kier molecular flexibility index (Phi) is 18.1. The van der Waals surface area contributed by atoms with Crippen molar-refractivity contribution in [3.63, 3.8) is 0 Å². The highest BCUT2D eigenvalue weighted by molar-refractivity contribution is 7.46. The summed E-state index contributed by atoms with van der Waals surface area (Å²) in [5.41, 5.74) is 0. The van der Waals surface area contributed by atoms with Crippen LogP contribution in [0.3, 0.4) is 0 Å². The summed E-state index contributed by atoms with van der Waals surface area (Å²) < 4.78 is 24.9. The van der Waals surface area contributed by atoms with Crippen LogP contribution in [0.1, 0.15) is 52.4 Å². The molecule has 180 valence electrons. The van der Waals surface area contributed by atoms with Gasteiger partial charge in [0.2, 0.25) is 0 Å². The highest BCUT2D eigenvalue weighted by Crippen LogP contribution is 2.35. The maximum Gasteiger partial charge on any atom is 0.469 e. The normalized spacial score (nSPS) is 13.8. The molecule has 9 heteroatoms. The van der Waals surface area contributed by atoms with Gasteiger partial charge in [0.25, 0.3) is 0 Å². The zero-order chi connectivity index (χ0) is 24.1.